The van der Waals surface area contributed by atoms with Crippen LogP contribution in [0.1, 0.15) is 18.9 Å². The van der Waals surface area contributed by atoms with Gasteiger partial charge in [-0.25, -0.2) is 4.98 Å². The van der Waals surface area contributed by atoms with Crippen molar-refractivity contribution in [3.8, 4) is 11.3 Å². The normalized spacial score (nSPS) is 11.0. The quantitative estimate of drug-likeness (QED) is 0.769. The predicted octanol–water partition coefficient (Wildman–Crippen LogP) is 3.80. The topological polar surface area (TPSA) is 66.5 Å². The van der Waals surface area contributed by atoms with Gasteiger partial charge >= 0.3 is 0 Å². The number of aryl methyl sites for hydroxylation is 1. The molecule has 2 aromatic heterocycles. The highest BCUT2D eigenvalue weighted by atomic mass is 35.5. The minimum Gasteiger partial charge on any atom is -0.354 e. The van der Waals surface area contributed by atoms with E-state index in [9.17, 15) is 0 Å². The van der Waals surface area contributed by atoms with Crippen LogP contribution < -0.4 is 5.32 Å². The van der Waals surface area contributed by atoms with Crippen LogP contribution in [0, 0.1) is 6.92 Å². The summed E-state index contributed by atoms with van der Waals surface area (Å²) in [5, 5.41) is 11.8. The van der Waals surface area contributed by atoms with Gasteiger partial charge in [-0.2, -0.15) is 10.1 Å². The van der Waals surface area contributed by atoms with Crippen molar-refractivity contribution in [3.63, 3.8) is 0 Å². The van der Waals surface area contributed by atoms with Crippen molar-refractivity contribution < 1.29 is 0 Å². The van der Waals surface area contributed by atoms with Gasteiger partial charge in [0.2, 0.25) is 5.95 Å². The Balaban J connectivity index is 2.14. The fourth-order valence-electron chi connectivity index (χ4n) is 2.11. The molecule has 0 fully saturated rings. The molecule has 6 heteroatoms. The maximum absolute atomic E-state index is 6.23. The Labute approximate surface area is 127 Å². The molecule has 0 aliphatic rings. The van der Waals surface area contributed by atoms with E-state index in [0.717, 1.165) is 45.8 Å². The van der Waals surface area contributed by atoms with Crippen LogP contribution >= 0.6 is 11.6 Å². The minimum atomic E-state index is 0.597. The molecule has 0 bridgehead atoms. The lowest BCUT2D eigenvalue weighted by Crippen LogP contribution is -2.05. The lowest BCUT2D eigenvalue weighted by atomic mass is 10.1. The number of aromatic nitrogens is 4. The summed E-state index contributed by atoms with van der Waals surface area (Å²) in [7, 11) is 0. The monoisotopic (exact) mass is 301 g/mol. The highest BCUT2D eigenvalue weighted by Crippen LogP contribution is 2.29. The van der Waals surface area contributed by atoms with Gasteiger partial charge in [-0.05, 0) is 25.0 Å². The predicted molar refractivity (Wildman–Crippen MR) is 85.6 cm³/mol. The molecule has 0 aliphatic carbocycles. The van der Waals surface area contributed by atoms with Crippen LogP contribution in [0.15, 0.2) is 24.4 Å². The van der Waals surface area contributed by atoms with E-state index in [0.29, 0.717) is 5.95 Å². The Morgan fingerprint density at radius 2 is 2.14 bits per heavy atom. The number of H-pyrrole nitrogens is 1. The Kier molecular flexibility index (Phi) is 3.75. The third kappa shape index (κ3) is 2.69. The number of benzene rings is 1. The average molecular weight is 302 g/mol. The Morgan fingerprint density at radius 3 is 2.90 bits per heavy atom. The van der Waals surface area contributed by atoms with Gasteiger partial charge in [-0.3, -0.25) is 5.10 Å². The first-order chi connectivity index (χ1) is 10.2. The largest absolute Gasteiger partial charge is 0.354 e. The van der Waals surface area contributed by atoms with Crippen molar-refractivity contribution in [2.24, 2.45) is 0 Å². The summed E-state index contributed by atoms with van der Waals surface area (Å²) in [4.78, 5) is 9.04. The smallest absolute Gasteiger partial charge is 0.225 e. The number of halogens is 1. The lowest BCUT2D eigenvalue weighted by Gasteiger charge is -2.08. The molecule has 3 aromatic rings. The van der Waals surface area contributed by atoms with Crippen LogP contribution in [0.5, 0.6) is 0 Å². The SMILES string of the molecule is CCCNc1nc(-c2ccc(C)c(Cl)c2)c2cn[nH]c2n1. The highest BCUT2D eigenvalue weighted by molar-refractivity contribution is 6.31. The van der Waals surface area contributed by atoms with Crippen molar-refractivity contribution in [1.29, 1.82) is 0 Å². The van der Waals surface area contributed by atoms with Crippen LogP contribution in [0.3, 0.4) is 0 Å². The molecule has 0 radical (unpaired) electrons. The summed E-state index contributed by atoms with van der Waals surface area (Å²) in [5.41, 5.74) is 3.55. The zero-order valence-corrected chi connectivity index (χ0v) is 12.7. The number of fused-ring (bicyclic) bond motifs is 1. The summed E-state index contributed by atoms with van der Waals surface area (Å²) >= 11 is 6.23. The Hall–Kier alpha value is -2.14. The van der Waals surface area contributed by atoms with E-state index in [1.165, 1.54) is 0 Å². The molecule has 0 amide bonds. The summed E-state index contributed by atoms with van der Waals surface area (Å²) in [6.45, 7) is 4.91. The summed E-state index contributed by atoms with van der Waals surface area (Å²) in [5.74, 6) is 0.597. The molecule has 3 rings (SSSR count). The second-order valence-corrected chi connectivity index (χ2v) is 5.33. The second kappa shape index (κ2) is 5.69. The number of nitrogens with one attached hydrogen (secondary N) is 2. The van der Waals surface area contributed by atoms with E-state index < -0.39 is 0 Å². The molecule has 108 valence electrons. The summed E-state index contributed by atoms with van der Waals surface area (Å²) in [6, 6.07) is 5.93. The Bertz CT molecular complexity index is 781. The zero-order chi connectivity index (χ0) is 14.8. The minimum absolute atomic E-state index is 0.597. The van der Waals surface area contributed by atoms with Crippen molar-refractivity contribution in [2.75, 3.05) is 11.9 Å². The molecule has 2 N–H and O–H groups in total. The summed E-state index contributed by atoms with van der Waals surface area (Å²) in [6.07, 6.45) is 2.75. The van der Waals surface area contributed by atoms with Gasteiger partial charge in [-0.15, -0.1) is 0 Å². The van der Waals surface area contributed by atoms with Crippen LogP contribution in [-0.4, -0.2) is 26.7 Å². The first kappa shape index (κ1) is 13.8. The first-order valence-electron chi connectivity index (χ1n) is 6.90. The van der Waals surface area contributed by atoms with E-state index >= 15 is 0 Å². The average Bonchev–Trinajstić information content (AvgIpc) is 2.95. The molecule has 0 atom stereocenters. The number of aromatic amines is 1. The summed E-state index contributed by atoms with van der Waals surface area (Å²) < 4.78 is 0. The van der Waals surface area contributed by atoms with Gasteiger partial charge in [0.25, 0.3) is 0 Å². The van der Waals surface area contributed by atoms with Gasteiger partial charge in [-0.1, -0.05) is 30.7 Å². The van der Waals surface area contributed by atoms with Crippen molar-refractivity contribution in [3.05, 3.63) is 35.0 Å². The second-order valence-electron chi connectivity index (χ2n) is 4.92. The van der Waals surface area contributed by atoms with E-state index in [1.807, 2.05) is 25.1 Å². The van der Waals surface area contributed by atoms with E-state index in [2.05, 4.69) is 32.4 Å². The lowest BCUT2D eigenvalue weighted by molar-refractivity contribution is 0.955. The first-order valence-corrected chi connectivity index (χ1v) is 7.28. The highest BCUT2D eigenvalue weighted by Gasteiger charge is 2.12. The van der Waals surface area contributed by atoms with Gasteiger partial charge in [0, 0.05) is 17.1 Å². The fourth-order valence-corrected chi connectivity index (χ4v) is 2.29. The number of anilines is 1. The number of nitrogens with zero attached hydrogens (tertiary/aromatic N) is 3. The Morgan fingerprint density at radius 1 is 1.29 bits per heavy atom. The van der Waals surface area contributed by atoms with E-state index in [1.54, 1.807) is 6.20 Å². The molecule has 0 saturated carbocycles. The van der Waals surface area contributed by atoms with E-state index in [-0.39, 0.29) is 0 Å². The fraction of sp³-hybridized carbons (Fsp3) is 0.267. The maximum atomic E-state index is 6.23. The molecule has 5 nitrogen and oxygen atoms in total. The molecule has 2 heterocycles. The molecule has 0 aliphatic heterocycles. The third-order valence-corrected chi connectivity index (χ3v) is 3.70. The number of hydrogen-bond donors (Lipinski definition) is 2. The molecule has 21 heavy (non-hydrogen) atoms. The van der Waals surface area contributed by atoms with E-state index in [4.69, 9.17) is 11.6 Å². The van der Waals surface area contributed by atoms with Crippen LogP contribution in [0.25, 0.3) is 22.3 Å². The van der Waals surface area contributed by atoms with Crippen molar-refractivity contribution in [2.45, 2.75) is 20.3 Å². The van der Waals surface area contributed by atoms with Crippen molar-refractivity contribution in [1.82, 2.24) is 20.2 Å². The molecule has 0 unspecified atom stereocenters. The molecular weight excluding hydrogens is 286 g/mol. The maximum Gasteiger partial charge on any atom is 0.225 e. The van der Waals surface area contributed by atoms with Gasteiger partial charge in [0.05, 0.1) is 17.3 Å². The van der Waals surface area contributed by atoms with Crippen LogP contribution in [0.4, 0.5) is 5.95 Å². The van der Waals surface area contributed by atoms with Gasteiger partial charge in [0.1, 0.15) is 0 Å². The zero-order valence-electron chi connectivity index (χ0n) is 11.9. The van der Waals surface area contributed by atoms with Crippen LogP contribution in [0.2, 0.25) is 5.02 Å². The van der Waals surface area contributed by atoms with Crippen molar-refractivity contribution >= 4 is 28.6 Å². The number of hydrogen-bond acceptors (Lipinski definition) is 4. The van der Waals surface area contributed by atoms with Crippen LogP contribution in [-0.2, 0) is 0 Å². The molecule has 1 aromatic carbocycles. The van der Waals surface area contributed by atoms with Gasteiger partial charge < -0.3 is 5.32 Å². The number of rotatable bonds is 4. The molecule has 0 saturated heterocycles. The third-order valence-electron chi connectivity index (χ3n) is 3.29. The molecular formula is C15H16ClN5. The molecule has 0 spiro atoms. The standard InChI is InChI=1S/C15H16ClN5/c1-3-6-17-15-19-13(11-8-18-21-14(11)20-15)10-5-4-9(2)12(16)7-10/h4-5,7-8H,3,6H2,1-2H3,(H2,17,18,19,20,21). The van der Waals surface area contributed by atoms with Gasteiger partial charge in [0.15, 0.2) is 5.65 Å².